The van der Waals surface area contributed by atoms with E-state index in [4.69, 9.17) is 4.74 Å². The van der Waals surface area contributed by atoms with Crippen LogP contribution < -0.4 is 10.1 Å². The number of amides is 1. The minimum Gasteiger partial charge on any atom is -0.495 e. The number of ether oxygens (including phenoxy) is 1. The molecule has 1 N–H and O–H groups in total. The molecule has 2 heterocycles. The first-order valence-electron chi connectivity index (χ1n) is 6.84. The van der Waals surface area contributed by atoms with Gasteiger partial charge < -0.3 is 10.1 Å². The number of pyridine rings is 1. The molecule has 0 saturated carbocycles. The van der Waals surface area contributed by atoms with Gasteiger partial charge in [0.2, 0.25) is 0 Å². The molecule has 0 atom stereocenters. The van der Waals surface area contributed by atoms with Crippen molar-refractivity contribution in [3.63, 3.8) is 0 Å². The number of hydrogen-bond acceptors (Lipinski definition) is 4. The third-order valence-corrected chi connectivity index (χ3v) is 3.43. The molecule has 1 amide bonds. The summed E-state index contributed by atoms with van der Waals surface area (Å²) in [5.41, 5.74) is 2.62. The minimum atomic E-state index is -0.215. The second kappa shape index (κ2) is 5.48. The first-order chi connectivity index (χ1) is 10.6. The van der Waals surface area contributed by atoms with Gasteiger partial charge in [-0.15, -0.1) is 0 Å². The van der Waals surface area contributed by atoms with Crippen molar-refractivity contribution in [2.75, 3.05) is 12.4 Å². The number of rotatable bonds is 3. The Balaban J connectivity index is 2.02. The van der Waals surface area contributed by atoms with E-state index in [-0.39, 0.29) is 5.91 Å². The number of fused-ring (bicyclic) bond motifs is 1. The van der Waals surface area contributed by atoms with Crippen LogP contribution in [0, 0.1) is 6.92 Å². The summed E-state index contributed by atoms with van der Waals surface area (Å²) in [7, 11) is 3.37. The highest BCUT2D eigenvalue weighted by molar-refractivity contribution is 6.12. The lowest BCUT2D eigenvalue weighted by Crippen LogP contribution is -2.13. The average Bonchev–Trinajstić information content (AvgIpc) is 2.88. The summed E-state index contributed by atoms with van der Waals surface area (Å²) in [4.78, 5) is 17.0. The number of para-hydroxylation sites is 2. The molecule has 0 aliphatic carbocycles. The van der Waals surface area contributed by atoms with Gasteiger partial charge in [-0.1, -0.05) is 12.1 Å². The van der Waals surface area contributed by atoms with Crippen LogP contribution in [0.2, 0.25) is 0 Å². The Labute approximate surface area is 127 Å². The molecule has 0 saturated heterocycles. The van der Waals surface area contributed by atoms with Crippen molar-refractivity contribution in [2.45, 2.75) is 6.92 Å². The molecule has 112 valence electrons. The largest absolute Gasteiger partial charge is 0.495 e. The maximum absolute atomic E-state index is 12.6. The first kappa shape index (κ1) is 14.1. The average molecular weight is 296 g/mol. The van der Waals surface area contributed by atoms with Crippen LogP contribution in [-0.4, -0.2) is 27.8 Å². The van der Waals surface area contributed by atoms with Gasteiger partial charge in [0.15, 0.2) is 5.65 Å². The van der Waals surface area contributed by atoms with Crippen LogP contribution in [0.3, 0.4) is 0 Å². The standard InChI is InChI=1S/C16H16N4O2/c1-10-8-11(12-9-17-20(2)15(12)18-10)16(21)19-13-6-4-5-7-14(13)22-3/h4-9H,1-3H3,(H,19,21). The SMILES string of the molecule is COc1ccccc1NC(=O)c1cc(C)nc2c1cnn2C. The number of methoxy groups -OCH3 is 1. The van der Waals surface area contributed by atoms with Gasteiger partial charge in [0, 0.05) is 12.7 Å². The van der Waals surface area contributed by atoms with Gasteiger partial charge in [0.1, 0.15) is 5.75 Å². The zero-order valence-corrected chi connectivity index (χ0v) is 12.6. The fraction of sp³-hybridized carbons (Fsp3) is 0.188. The van der Waals surface area contributed by atoms with E-state index in [0.717, 1.165) is 11.1 Å². The van der Waals surface area contributed by atoms with Crippen molar-refractivity contribution in [3.8, 4) is 5.75 Å². The molecule has 6 nitrogen and oxygen atoms in total. The van der Waals surface area contributed by atoms with Gasteiger partial charge in [0.25, 0.3) is 5.91 Å². The van der Waals surface area contributed by atoms with Crippen LogP contribution in [0.15, 0.2) is 36.5 Å². The predicted octanol–water partition coefficient (Wildman–Crippen LogP) is 2.54. The number of anilines is 1. The lowest BCUT2D eigenvalue weighted by molar-refractivity contribution is 0.102. The second-order valence-corrected chi connectivity index (χ2v) is 4.97. The molecule has 0 bridgehead atoms. The Kier molecular flexibility index (Phi) is 3.50. The monoisotopic (exact) mass is 296 g/mol. The Morgan fingerprint density at radius 2 is 2.09 bits per heavy atom. The van der Waals surface area contributed by atoms with Gasteiger partial charge in [-0.2, -0.15) is 5.10 Å². The molecule has 0 fully saturated rings. The molecule has 3 rings (SSSR count). The number of nitrogens with zero attached hydrogens (tertiary/aromatic N) is 3. The molecule has 1 aromatic carbocycles. The van der Waals surface area contributed by atoms with Crippen molar-refractivity contribution >= 4 is 22.6 Å². The van der Waals surface area contributed by atoms with Crippen LogP contribution >= 0.6 is 0 Å². The van der Waals surface area contributed by atoms with Crippen LogP contribution in [0.25, 0.3) is 11.0 Å². The summed E-state index contributed by atoms with van der Waals surface area (Å²) in [6, 6.07) is 9.05. The van der Waals surface area contributed by atoms with E-state index in [2.05, 4.69) is 15.4 Å². The van der Waals surface area contributed by atoms with E-state index in [9.17, 15) is 4.79 Å². The molecule has 0 unspecified atom stereocenters. The zero-order valence-electron chi connectivity index (χ0n) is 12.6. The molecule has 6 heteroatoms. The van der Waals surface area contributed by atoms with Crippen molar-refractivity contribution < 1.29 is 9.53 Å². The van der Waals surface area contributed by atoms with Crippen LogP contribution in [-0.2, 0) is 7.05 Å². The number of carbonyl (C=O) groups is 1. The summed E-state index contributed by atoms with van der Waals surface area (Å²) in [6.07, 6.45) is 1.65. The lowest BCUT2D eigenvalue weighted by Gasteiger charge is -2.10. The smallest absolute Gasteiger partial charge is 0.256 e. The highest BCUT2D eigenvalue weighted by atomic mass is 16.5. The summed E-state index contributed by atoms with van der Waals surface area (Å²) >= 11 is 0. The minimum absolute atomic E-state index is 0.215. The van der Waals surface area contributed by atoms with Crippen LogP contribution in [0.5, 0.6) is 5.75 Å². The molecular weight excluding hydrogens is 280 g/mol. The number of aromatic nitrogens is 3. The molecule has 0 aliphatic heterocycles. The van der Waals surface area contributed by atoms with Crippen molar-refractivity contribution in [1.82, 2.24) is 14.8 Å². The number of nitrogens with one attached hydrogen (secondary N) is 1. The highest BCUT2D eigenvalue weighted by Gasteiger charge is 2.16. The van der Waals surface area contributed by atoms with E-state index in [0.29, 0.717) is 22.6 Å². The first-order valence-corrected chi connectivity index (χ1v) is 6.84. The van der Waals surface area contributed by atoms with E-state index in [1.165, 1.54) is 0 Å². The van der Waals surface area contributed by atoms with Gasteiger partial charge in [-0.05, 0) is 25.1 Å². The summed E-state index contributed by atoms with van der Waals surface area (Å²) in [6.45, 7) is 1.85. The predicted molar refractivity (Wildman–Crippen MR) is 84.2 cm³/mol. The van der Waals surface area contributed by atoms with Crippen molar-refractivity contribution in [3.05, 3.63) is 47.8 Å². The molecule has 3 aromatic rings. The maximum atomic E-state index is 12.6. The van der Waals surface area contributed by atoms with Crippen molar-refractivity contribution in [2.24, 2.45) is 7.05 Å². The van der Waals surface area contributed by atoms with Crippen LogP contribution in [0.4, 0.5) is 5.69 Å². The lowest BCUT2D eigenvalue weighted by atomic mass is 10.1. The van der Waals surface area contributed by atoms with E-state index < -0.39 is 0 Å². The fourth-order valence-electron chi connectivity index (χ4n) is 2.37. The van der Waals surface area contributed by atoms with Crippen LogP contribution in [0.1, 0.15) is 16.1 Å². The molecule has 2 aromatic heterocycles. The third-order valence-electron chi connectivity index (χ3n) is 3.43. The number of carbonyl (C=O) groups excluding carboxylic acids is 1. The highest BCUT2D eigenvalue weighted by Crippen LogP contribution is 2.25. The molecular formula is C16H16N4O2. The molecule has 0 spiro atoms. The summed E-state index contributed by atoms with van der Waals surface area (Å²) < 4.78 is 6.91. The normalized spacial score (nSPS) is 10.7. The number of hydrogen-bond donors (Lipinski definition) is 1. The van der Waals surface area contributed by atoms with E-state index >= 15 is 0 Å². The summed E-state index contributed by atoms with van der Waals surface area (Å²) in [5.74, 6) is 0.400. The Morgan fingerprint density at radius 3 is 2.86 bits per heavy atom. The van der Waals surface area contributed by atoms with E-state index in [1.807, 2.05) is 19.1 Å². The third kappa shape index (κ3) is 2.39. The van der Waals surface area contributed by atoms with Gasteiger partial charge in [-0.3, -0.25) is 9.48 Å². The van der Waals surface area contributed by atoms with Gasteiger partial charge >= 0.3 is 0 Å². The number of benzene rings is 1. The zero-order chi connectivity index (χ0) is 15.7. The Bertz CT molecular complexity index is 854. The van der Waals surface area contributed by atoms with Crippen molar-refractivity contribution in [1.29, 1.82) is 0 Å². The van der Waals surface area contributed by atoms with E-state index in [1.54, 1.807) is 43.2 Å². The fourth-order valence-corrected chi connectivity index (χ4v) is 2.37. The Morgan fingerprint density at radius 1 is 1.32 bits per heavy atom. The molecule has 22 heavy (non-hydrogen) atoms. The van der Waals surface area contributed by atoms with Gasteiger partial charge in [0.05, 0.1) is 29.9 Å². The summed E-state index contributed by atoms with van der Waals surface area (Å²) in [5, 5.41) is 7.77. The molecule has 0 aliphatic rings. The van der Waals surface area contributed by atoms with Gasteiger partial charge in [-0.25, -0.2) is 4.98 Å². The maximum Gasteiger partial charge on any atom is 0.256 e. The Hall–Kier alpha value is -2.89. The molecule has 0 radical (unpaired) electrons. The quantitative estimate of drug-likeness (QED) is 0.806. The topological polar surface area (TPSA) is 69.0 Å². The second-order valence-electron chi connectivity index (χ2n) is 4.97. The number of aryl methyl sites for hydroxylation is 2.